The second kappa shape index (κ2) is 7.19. The molecule has 1 fully saturated rings. The molecule has 0 bridgehead atoms. The SMILES string of the molecule is CC1(C)CC1OCOc1ccc(C(=O)CC(=O)c2ccccc2)cc1. The van der Waals surface area contributed by atoms with Crippen LogP contribution in [0.25, 0.3) is 0 Å². The fourth-order valence-corrected chi connectivity index (χ4v) is 2.60. The molecular formula is C21H22O4. The number of Topliss-reactive ketones (excluding diaryl/α,β-unsaturated/α-hetero) is 2. The fraction of sp³-hybridized carbons (Fsp3) is 0.333. The highest BCUT2D eigenvalue weighted by Crippen LogP contribution is 2.47. The first-order valence-electron chi connectivity index (χ1n) is 8.42. The summed E-state index contributed by atoms with van der Waals surface area (Å²) in [7, 11) is 0. The molecule has 3 rings (SSSR count). The summed E-state index contributed by atoms with van der Waals surface area (Å²) in [6, 6.07) is 15.6. The molecule has 0 radical (unpaired) electrons. The lowest BCUT2D eigenvalue weighted by atomic mass is 10.0. The van der Waals surface area contributed by atoms with Gasteiger partial charge in [0.25, 0.3) is 0 Å². The highest BCUT2D eigenvalue weighted by atomic mass is 16.7. The molecule has 0 amide bonds. The van der Waals surface area contributed by atoms with Crippen LogP contribution in [0.15, 0.2) is 54.6 Å². The van der Waals surface area contributed by atoms with Crippen molar-refractivity contribution in [3.8, 4) is 5.75 Å². The van der Waals surface area contributed by atoms with E-state index in [2.05, 4.69) is 13.8 Å². The van der Waals surface area contributed by atoms with Crippen molar-refractivity contribution >= 4 is 11.6 Å². The summed E-state index contributed by atoms with van der Waals surface area (Å²) in [4.78, 5) is 24.3. The van der Waals surface area contributed by atoms with E-state index in [0.717, 1.165) is 6.42 Å². The van der Waals surface area contributed by atoms with Gasteiger partial charge in [-0.05, 0) is 36.1 Å². The van der Waals surface area contributed by atoms with Crippen LogP contribution in [-0.2, 0) is 4.74 Å². The van der Waals surface area contributed by atoms with Gasteiger partial charge in [0.15, 0.2) is 18.4 Å². The molecule has 4 nitrogen and oxygen atoms in total. The van der Waals surface area contributed by atoms with E-state index >= 15 is 0 Å². The molecule has 0 aromatic heterocycles. The molecule has 2 aromatic carbocycles. The molecule has 0 saturated heterocycles. The Morgan fingerprint density at radius 3 is 2.08 bits per heavy atom. The number of ketones is 2. The van der Waals surface area contributed by atoms with Crippen LogP contribution in [0, 0.1) is 5.41 Å². The zero-order valence-corrected chi connectivity index (χ0v) is 14.5. The van der Waals surface area contributed by atoms with Gasteiger partial charge in [-0.15, -0.1) is 0 Å². The topological polar surface area (TPSA) is 52.6 Å². The van der Waals surface area contributed by atoms with Gasteiger partial charge in [0.1, 0.15) is 5.75 Å². The van der Waals surface area contributed by atoms with Crippen LogP contribution in [0.4, 0.5) is 0 Å². The summed E-state index contributed by atoms with van der Waals surface area (Å²) in [6.07, 6.45) is 1.18. The molecule has 1 aliphatic rings. The van der Waals surface area contributed by atoms with Crippen LogP contribution in [0.1, 0.15) is 47.4 Å². The van der Waals surface area contributed by atoms with E-state index in [4.69, 9.17) is 9.47 Å². The fourth-order valence-electron chi connectivity index (χ4n) is 2.60. The highest BCUT2D eigenvalue weighted by molar-refractivity contribution is 6.13. The smallest absolute Gasteiger partial charge is 0.189 e. The molecule has 0 aliphatic heterocycles. The quantitative estimate of drug-likeness (QED) is 0.409. The van der Waals surface area contributed by atoms with E-state index < -0.39 is 0 Å². The molecule has 25 heavy (non-hydrogen) atoms. The van der Waals surface area contributed by atoms with Crippen molar-refractivity contribution in [2.75, 3.05) is 6.79 Å². The molecule has 0 heterocycles. The van der Waals surface area contributed by atoms with E-state index in [9.17, 15) is 9.59 Å². The molecule has 1 aliphatic carbocycles. The molecule has 4 heteroatoms. The lowest BCUT2D eigenvalue weighted by Crippen LogP contribution is -2.09. The maximum absolute atomic E-state index is 12.2. The second-order valence-electron chi connectivity index (χ2n) is 7.02. The van der Waals surface area contributed by atoms with Crippen LogP contribution in [0.2, 0.25) is 0 Å². The Hall–Kier alpha value is -2.46. The van der Waals surface area contributed by atoms with Gasteiger partial charge in [0.05, 0.1) is 12.5 Å². The summed E-state index contributed by atoms with van der Waals surface area (Å²) in [5.74, 6) is 0.271. The molecule has 0 N–H and O–H groups in total. The lowest BCUT2D eigenvalue weighted by molar-refractivity contribution is -0.00777. The monoisotopic (exact) mass is 338 g/mol. The Kier molecular flexibility index (Phi) is 5.00. The van der Waals surface area contributed by atoms with Crippen molar-refractivity contribution in [2.45, 2.75) is 32.8 Å². The van der Waals surface area contributed by atoms with Gasteiger partial charge in [0, 0.05) is 11.1 Å². The standard InChI is InChI=1S/C21H22O4/c1-21(2)13-20(21)25-14-24-17-10-8-16(9-11-17)19(23)12-18(22)15-6-4-3-5-7-15/h3-11,20H,12-14H2,1-2H3. The van der Waals surface area contributed by atoms with E-state index in [1.807, 2.05) is 6.07 Å². The molecule has 130 valence electrons. The minimum Gasteiger partial charge on any atom is -0.468 e. The van der Waals surface area contributed by atoms with Gasteiger partial charge >= 0.3 is 0 Å². The maximum atomic E-state index is 12.2. The van der Waals surface area contributed by atoms with Gasteiger partial charge < -0.3 is 9.47 Å². The number of hydrogen-bond donors (Lipinski definition) is 0. The predicted molar refractivity (Wildman–Crippen MR) is 94.9 cm³/mol. The molecule has 1 unspecified atom stereocenters. The van der Waals surface area contributed by atoms with Crippen molar-refractivity contribution in [1.82, 2.24) is 0 Å². The van der Waals surface area contributed by atoms with Gasteiger partial charge in [-0.25, -0.2) is 0 Å². The largest absolute Gasteiger partial charge is 0.468 e. The van der Waals surface area contributed by atoms with Crippen molar-refractivity contribution in [2.24, 2.45) is 5.41 Å². The third kappa shape index (κ3) is 4.54. The highest BCUT2D eigenvalue weighted by Gasteiger charge is 2.46. The average molecular weight is 338 g/mol. The Bertz CT molecular complexity index is 747. The summed E-state index contributed by atoms with van der Waals surface area (Å²) in [6.45, 7) is 4.53. The summed E-state index contributed by atoms with van der Waals surface area (Å²) < 4.78 is 11.2. The molecule has 1 atom stereocenters. The van der Waals surface area contributed by atoms with Crippen molar-refractivity contribution in [3.05, 3.63) is 65.7 Å². The van der Waals surface area contributed by atoms with E-state index in [1.54, 1.807) is 48.5 Å². The first-order chi connectivity index (χ1) is 12.0. The van der Waals surface area contributed by atoms with Gasteiger partial charge in [-0.1, -0.05) is 44.2 Å². The zero-order valence-electron chi connectivity index (χ0n) is 14.5. The lowest BCUT2D eigenvalue weighted by Gasteiger charge is -2.09. The summed E-state index contributed by atoms with van der Waals surface area (Å²) >= 11 is 0. The Labute approximate surface area is 147 Å². The summed E-state index contributed by atoms with van der Waals surface area (Å²) in [5.41, 5.74) is 1.31. The normalized spacial score (nSPS) is 17.8. The third-order valence-corrected chi connectivity index (χ3v) is 4.51. The van der Waals surface area contributed by atoms with Crippen LogP contribution >= 0.6 is 0 Å². The Morgan fingerprint density at radius 2 is 1.52 bits per heavy atom. The molecular weight excluding hydrogens is 316 g/mol. The van der Waals surface area contributed by atoms with Crippen LogP contribution in [0.5, 0.6) is 5.75 Å². The van der Waals surface area contributed by atoms with Crippen LogP contribution < -0.4 is 4.74 Å². The van der Waals surface area contributed by atoms with Gasteiger partial charge in [-0.2, -0.15) is 0 Å². The number of rotatable bonds is 8. The zero-order chi connectivity index (χ0) is 17.9. The Balaban J connectivity index is 1.49. The first kappa shape index (κ1) is 17.4. The number of carbonyl (C=O) groups excluding carboxylic acids is 2. The summed E-state index contributed by atoms with van der Waals surface area (Å²) in [5, 5.41) is 0. The minimum atomic E-state index is -0.198. The van der Waals surface area contributed by atoms with Crippen LogP contribution in [-0.4, -0.2) is 24.5 Å². The van der Waals surface area contributed by atoms with Crippen molar-refractivity contribution in [1.29, 1.82) is 0 Å². The molecule has 2 aromatic rings. The molecule has 1 saturated carbocycles. The maximum Gasteiger partial charge on any atom is 0.189 e. The van der Waals surface area contributed by atoms with E-state index in [1.165, 1.54) is 0 Å². The van der Waals surface area contributed by atoms with Crippen molar-refractivity contribution in [3.63, 3.8) is 0 Å². The Morgan fingerprint density at radius 1 is 0.960 bits per heavy atom. The van der Waals surface area contributed by atoms with Gasteiger partial charge in [-0.3, -0.25) is 9.59 Å². The average Bonchev–Trinajstić information content (AvgIpc) is 3.23. The first-order valence-corrected chi connectivity index (χ1v) is 8.42. The predicted octanol–water partition coefficient (Wildman–Crippen LogP) is 4.29. The van der Waals surface area contributed by atoms with E-state index in [0.29, 0.717) is 16.9 Å². The number of ether oxygens (including phenoxy) is 2. The number of benzene rings is 2. The number of carbonyl (C=O) groups is 2. The minimum absolute atomic E-state index is 0.135. The number of hydrogen-bond acceptors (Lipinski definition) is 4. The third-order valence-electron chi connectivity index (χ3n) is 4.51. The van der Waals surface area contributed by atoms with Crippen molar-refractivity contribution < 1.29 is 19.1 Å². The van der Waals surface area contributed by atoms with Crippen LogP contribution in [0.3, 0.4) is 0 Å². The molecule has 0 spiro atoms. The van der Waals surface area contributed by atoms with Gasteiger partial charge in [0.2, 0.25) is 0 Å². The second-order valence-corrected chi connectivity index (χ2v) is 7.02. The van der Waals surface area contributed by atoms with E-state index in [-0.39, 0.29) is 36.3 Å².